The van der Waals surface area contributed by atoms with Crippen LogP contribution in [0.4, 0.5) is 0 Å². The predicted octanol–water partition coefficient (Wildman–Crippen LogP) is 0.550. The smallest absolute Gasteiger partial charge is 0.306 e. The van der Waals surface area contributed by atoms with Crippen molar-refractivity contribution in [3.8, 4) is 0 Å². The van der Waals surface area contributed by atoms with Crippen LogP contribution in [0.5, 0.6) is 0 Å². The van der Waals surface area contributed by atoms with Gasteiger partial charge in [0.1, 0.15) is 4.83 Å². The molecule has 0 aromatic carbocycles. The number of ether oxygens (including phenoxy) is 1. The van der Waals surface area contributed by atoms with Crippen molar-refractivity contribution >= 4 is 33.4 Å². The van der Waals surface area contributed by atoms with Crippen molar-refractivity contribution in [2.75, 3.05) is 19.7 Å². The highest BCUT2D eigenvalue weighted by molar-refractivity contribution is 7.16. The number of aryl methyl sites for hydroxylation is 1. The predicted molar refractivity (Wildman–Crippen MR) is 87.1 cm³/mol. The van der Waals surface area contributed by atoms with E-state index >= 15 is 0 Å². The molecule has 1 saturated heterocycles. The molecule has 0 saturated carbocycles. The Labute approximate surface area is 141 Å². The number of hydrogen-bond acceptors (Lipinski definition) is 6. The Morgan fingerprint density at radius 2 is 2.29 bits per heavy atom. The van der Waals surface area contributed by atoms with Gasteiger partial charge in [0, 0.05) is 26.1 Å². The Bertz CT molecular complexity index is 815. The van der Waals surface area contributed by atoms with Crippen molar-refractivity contribution in [3.05, 3.63) is 28.1 Å². The highest BCUT2D eigenvalue weighted by Gasteiger charge is 2.25. The van der Waals surface area contributed by atoms with Gasteiger partial charge in [-0.25, -0.2) is 4.98 Å². The maximum atomic E-state index is 12.3. The number of hydrogen-bond donors (Lipinski definition) is 1. The lowest BCUT2D eigenvalue weighted by atomic mass is 10.2. The van der Waals surface area contributed by atoms with Crippen molar-refractivity contribution < 1.29 is 19.4 Å². The first-order valence-corrected chi connectivity index (χ1v) is 8.46. The zero-order valence-corrected chi connectivity index (χ0v) is 13.7. The summed E-state index contributed by atoms with van der Waals surface area (Å²) in [5.41, 5.74) is -0.153. The lowest BCUT2D eigenvalue weighted by molar-refractivity contribution is -0.147. The topological polar surface area (TPSA) is 102 Å². The summed E-state index contributed by atoms with van der Waals surface area (Å²) >= 11 is 1.40. The van der Waals surface area contributed by atoms with Crippen LogP contribution in [0, 0.1) is 0 Å². The van der Waals surface area contributed by atoms with Gasteiger partial charge in [-0.2, -0.15) is 0 Å². The Morgan fingerprint density at radius 3 is 3.08 bits per heavy atom. The molecule has 2 aromatic heterocycles. The minimum Gasteiger partial charge on any atom is -0.481 e. The average Bonchev–Trinajstić information content (AvgIpc) is 3.03. The number of aliphatic carboxylic acids is 1. The summed E-state index contributed by atoms with van der Waals surface area (Å²) < 4.78 is 6.78. The van der Waals surface area contributed by atoms with E-state index in [-0.39, 0.29) is 37.4 Å². The van der Waals surface area contributed by atoms with Gasteiger partial charge in [-0.05, 0) is 11.4 Å². The highest BCUT2D eigenvalue weighted by Crippen LogP contribution is 2.14. The maximum absolute atomic E-state index is 12.3. The van der Waals surface area contributed by atoms with Crippen molar-refractivity contribution in [2.45, 2.75) is 25.5 Å². The van der Waals surface area contributed by atoms with E-state index in [1.54, 1.807) is 11.0 Å². The van der Waals surface area contributed by atoms with Crippen LogP contribution in [0.15, 0.2) is 22.6 Å². The number of rotatable bonds is 5. The van der Waals surface area contributed by atoms with Gasteiger partial charge in [-0.1, -0.05) is 0 Å². The molecule has 1 unspecified atom stereocenters. The Hall–Kier alpha value is -2.26. The van der Waals surface area contributed by atoms with Crippen LogP contribution < -0.4 is 5.56 Å². The van der Waals surface area contributed by atoms with Crippen LogP contribution in [-0.4, -0.2) is 57.2 Å². The maximum Gasteiger partial charge on any atom is 0.306 e. The number of nitrogens with zero attached hydrogens (tertiary/aromatic N) is 3. The van der Waals surface area contributed by atoms with Gasteiger partial charge in [0.25, 0.3) is 5.56 Å². The van der Waals surface area contributed by atoms with Gasteiger partial charge < -0.3 is 14.7 Å². The van der Waals surface area contributed by atoms with E-state index < -0.39 is 12.1 Å². The van der Waals surface area contributed by atoms with Gasteiger partial charge in [0.05, 0.1) is 30.8 Å². The average molecular weight is 351 g/mol. The third-order valence-electron chi connectivity index (χ3n) is 3.91. The first-order chi connectivity index (χ1) is 11.5. The summed E-state index contributed by atoms with van der Waals surface area (Å²) in [6, 6.07) is 1.73. The molecule has 0 aliphatic carbocycles. The van der Waals surface area contributed by atoms with Crippen LogP contribution in [-0.2, 0) is 20.9 Å². The molecule has 1 aliphatic heterocycles. The first-order valence-electron chi connectivity index (χ1n) is 7.58. The van der Waals surface area contributed by atoms with Crippen LogP contribution in [0.1, 0.15) is 12.8 Å². The lowest BCUT2D eigenvalue weighted by Gasteiger charge is -2.32. The second-order valence-corrected chi connectivity index (χ2v) is 6.46. The molecule has 3 heterocycles. The molecule has 1 aliphatic rings. The number of carboxylic acid groups (broad SMARTS) is 1. The van der Waals surface area contributed by atoms with Gasteiger partial charge in [-0.15, -0.1) is 11.3 Å². The molecule has 2 aromatic rings. The fourth-order valence-corrected chi connectivity index (χ4v) is 3.41. The molecule has 0 spiro atoms. The van der Waals surface area contributed by atoms with Crippen molar-refractivity contribution in [1.82, 2.24) is 14.5 Å². The van der Waals surface area contributed by atoms with Crippen molar-refractivity contribution in [2.24, 2.45) is 0 Å². The van der Waals surface area contributed by atoms with Crippen LogP contribution >= 0.6 is 11.3 Å². The quantitative estimate of drug-likeness (QED) is 0.844. The van der Waals surface area contributed by atoms with E-state index in [1.807, 2.05) is 5.38 Å². The van der Waals surface area contributed by atoms with E-state index in [0.717, 1.165) is 0 Å². The zero-order valence-electron chi connectivity index (χ0n) is 12.9. The van der Waals surface area contributed by atoms with Gasteiger partial charge in [-0.3, -0.25) is 19.0 Å². The summed E-state index contributed by atoms with van der Waals surface area (Å²) in [6.45, 7) is 1.27. The summed E-state index contributed by atoms with van der Waals surface area (Å²) in [4.78, 5) is 41.8. The molecule has 3 rings (SSSR count). The molecule has 0 radical (unpaired) electrons. The first kappa shape index (κ1) is 16.6. The number of morpholine rings is 1. The van der Waals surface area contributed by atoms with Gasteiger partial charge in [0.15, 0.2) is 0 Å². The second kappa shape index (κ2) is 7.10. The van der Waals surface area contributed by atoms with Crippen molar-refractivity contribution in [3.63, 3.8) is 0 Å². The zero-order chi connectivity index (χ0) is 17.1. The number of amides is 1. The minimum absolute atomic E-state index is 0.119. The lowest BCUT2D eigenvalue weighted by Crippen LogP contribution is -2.46. The molecule has 1 N–H and O–H groups in total. The van der Waals surface area contributed by atoms with E-state index in [1.165, 1.54) is 22.2 Å². The van der Waals surface area contributed by atoms with Crippen LogP contribution in [0.25, 0.3) is 10.2 Å². The molecule has 1 amide bonds. The SMILES string of the molecule is O=C(O)CC1CN(C(=O)CCn2cnc3sccc3c2=O)CCO1. The van der Waals surface area contributed by atoms with Crippen molar-refractivity contribution in [1.29, 1.82) is 0 Å². The summed E-state index contributed by atoms with van der Waals surface area (Å²) in [6.07, 6.45) is 1.02. The van der Waals surface area contributed by atoms with E-state index in [2.05, 4.69) is 4.98 Å². The molecule has 24 heavy (non-hydrogen) atoms. The standard InChI is InChI=1S/C15H17N3O5S/c19-12(17-4-5-23-10(8-17)7-13(20)21)1-3-18-9-16-14-11(15(18)22)2-6-24-14/h2,6,9-10H,1,3-5,7-8H2,(H,20,21). The summed E-state index contributed by atoms with van der Waals surface area (Å²) in [7, 11) is 0. The van der Waals surface area contributed by atoms with Gasteiger partial charge in [0.2, 0.25) is 5.91 Å². The Balaban J connectivity index is 1.61. The van der Waals surface area contributed by atoms with E-state index in [4.69, 9.17) is 9.84 Å². The number of aromatic nitrogens is 2. The van der Waals surface area contributed by atoms with E-state index in [0.29, 0.717) is 23.4 Å². The summed E-state index contributed by atoms with van der Waals surface area (Å²) in [5.74, 6) is -1.07. The molecule has 8 nitrogen and oxygen atoms in total. The van der Waals surface area contributed by atoms with E-state index in [9.17, 15) is 14.4 Å². The van der Waals surface area contributed by atoms with Gasteiger partial charge >= 0.3 is 5.97 Å². The monoisotopic (exact) mass is 351 g/mol. The minimum atomic E-state index is -0.948. The highest BCUT2D eigenvalue weighted by atomic mass is 32.1. The second-order valence-electron chi connectivity index (χ2n) is 5.56. The molecular weight excluding hydrogens is 334 g/mol. The number of carbonyl (C=O) groups excluding carboxylic acids is 1. The third-order valence-corrected chi connectivity index (χ3v) is 4.73. The normalized spacial score (nSPS) is 18.0. The fourth-order valence-electron chi connectivity index (χ4n) is 2.69. The Kier molecular flexibility index (Phi) is 4.91. The summed E-state index contributed by atoms with van der Waals surface area (Å²) in [5, 5.41) is 11.2. The largest absolute Gasteiger partial charge is 0.481 e. The third kappa shape index (κ3) is 3.62. The van der Waals surface area contributed by atoms with Crippen LogP contribution in [0.3, 0.4) is 0 Å². The number of fused-ring (bicyclic) bond motifs is 1. The molecular formula is C15H17N3O5S. The number of thiophene rings is 1. The molecule has 0 bridgehead atoms. The van der Waals surface area contributed by atoms with Crippen LogP contribution in [0.2, 0.25) is 0 Å². The fraction of sp³-hybridized carbons (Fsp3) is 0.467. The molecule has 1 atom stereocenters. The number of carbonyl (C=O) groups is 2. The number of carboxylic acids is 1. The molecule has 1 fully saturated rings. The molecule has 128 valence electrons. The molecule has 9 heteroatoms. The Morgan fingerprint density at radius 1 is 1.46 bits per heavy atom.